The zero-order valence-electron chi connectivity index (χ0n) is 28.8. The van der Waals surface area contributed by atoms with Gasteiger partial charge in [-0.05, 0) is 157 Å². The van der Waals surface area contributed by atoms with E-state index in [1.54, 1.807) is 0 Å². The van der Waals surface area contributed by atoms with Crippen LogP contribution in [0.1, 0.15) is 16.7 Å². The van der Waals surface area contributed by atoms with Gasteiger partial charge in [0.25, 0.3) is 0 Å². The zero-order valence-corrected chi connectivity index (χ0v) is 28.8. The molecule has 51 heavy (non-hydrogen) atoms. The van der Waals surface area contributed by atoms with E-state index in [4.69, 9.17) is 0 Å². The third kappa shape index (κ3) is 3.45. The molecule has 0 saturated heterocycles. The Morgan fingerprint density at radius 3 is 0.961 bits per heavy atom. The van der Waals surface area contributed by atoms with Gasteiger partial charge in [0.05, 0.1) is 0 Å². The summed E-state index contributed by atoms with van der Waals surface area (Å²) in [6, 6.07) is 53.6. The molecule has 12 aromatic carbocycles. The molecule has 0 spiro atoms. The molecule has 0 saturated carbocycles. The number of aryl methyl sites for hydroxylation is 3. The molecule has 0 aliphatic heterocycles. The van der Waals surface area contributed by atoms with Crippen molar-refractivity contribution in [3.05, 3.63) is 156 Å². The first kappa shape index (κ1) is 27.6. The van der Waals surface area contributed by atoms with Gasteiger partial charge in [-0.25, -0.2) is 0 Å². The Hall–Kier alpha value is -6.24. The first-order chi connectivity index (χ1) is 25.0. The molecular formula is C51H32. The van der Waals surface area contributed by atoms with Crippen molar-refractivity contribution < 1.29 is 0 Å². The number of benzene rings is 12. The van der Waals surface area contributed by atoms with E-state index in [-0.39, 0.29) is 0 Å². The maximum Gasteiger partial charge on any atom is -0.00177 e. The maximum atomic E-state index is 2.43. The highest BCUT2D eigenvalue weighted by molar-refractivity contribution is 6.32. The lowest BCUT2D eigenvalue weighted by Gasteiger charge is -2.21. The minimum Gasteiger partial charge on any atom is -0.0581 e. The van der Waals surface area contributed by atoms with Crippen molar-refractivity contribution in [2.45, 2.75) is 20.8 Å². The molecule has 0 radical (unpaired) electrons. The highest BCUT2D eigenvalue weighted by Gasteiger charge is 2.20. The van der Waals surface area contributed by atoms with Crippen LogP contribution in [-0.4, -0.2) is 0 Å². The van der Waals surface area contributed by atoms with Crippen LogP contribution < -0.4 is 0 Å². The molecule has 0 aromatic heterocycles. The molecule has 0 atom stereocenters. The SMILES string of the molecule is Cc1ccc2ccc3ccc(-c4ccc5ccc6c(-c7ccc8ccc9ccc(C)c%10ccc7c8c9%10)cc(C)c7ccc4c5c76)c4ccc1c2c34. The predicted molar refractivity (Wildman–Crippen MR) is 223 cm³/mol. The summed E-state index contributed by atoms with van der Waals surface area (Å²) in [6.45, 7) is 6.75. The molecule has 0 bridgehead atoms. The van der Waals surface area contributed by atoms with Crippen LogP contribution in [0, 0.1) is 20.8 Å². The smallest absolute Gasteiger partial charge is 0.00177 e. The minimum absolute atomic E-state index is 1.29. The Morgan fingerprint density at radius 2 is 0.490 bits per heavy atom. The average molecular weight is 645 g/mol. The third-order valence-electron chi connectivity index (χ3n) is 12.3. The van der Waals surface area contributed by atoms with Crippen LogP contribution in [0.15, 0.2) is 140 Å². The van der Waals surface area contributed by atoms with E-state index in [1.807, 2.05) is 0 Å². The molecule has 0 fully saturated rings. The molecule has 0 aliphatic rings. The van der Waals surface area contributed by atoms with Gasteiger partial charge in [0.15, 0.2) is 0 Å². The second kappa shape index (κ2) is 9.50. The van der Waals surface area contributed by atoms with Crippen LogP contribution in [0.3, 0.4) is 0 Å². The van der Waals surface area contributed by atoms with Gasteiger partial charge in [0.2, 0.25) is 0 Å². The lowest BCUT2D eigenvalue weighted by atomic mass is 9.83. The summed E-state index contributed by atoms with van der Waals surface area (Å²) >= 11 is 0. The zero-order chi connectivity index (χ0) is 33.7. The molecular weight excluding hydrogens is 613 g/mol. The molecule has 0 aliphatic carbocycles. The Bertz CT molecular complexity index is 3430. The topological polar surface area (TPSA) is 0 Å². The molecule has 0 unspecified atom stereocenters. The van der Waals surface area contributed by atoms with Gasteiger partial charge in [-0.3, -0.25) is 0 Å². The van der Waals surface area contributed by atoms with Gasteiger partial charge in [-0.1, -0.05) is 140 Å². The largest absolute Gasteiger partial charge is 0.0581 e. The normalized spacial score (nSPS) is 12.6. The summed E-state index contributed by atoms with van der Waals surface area (Å²) < 4.78 is 0. The molecule has 0 N–H and O–H groups in total. The van der Waals surface area contributed by atoms with E-state index in [1.165, 1.54) is 136 Å². The summed E-state index contributed by atoms with van der Waals surface area (Å²) in [7, 11) is 0. The summed E-state index contributed by atoms with van der Waals surface area (Å²) in [6.07, 6.45) is 0. The number of rotatable bonds is 2. The molecule has 0 nitrogen and oxygen atoms in total. The van der Waals surface area contributed by atoms with Gasteiger partial charge in [-0.15, -0.1) is 0 Å². The highest BCUT2D eigenvalue weighted by atomic mass is 14.2. The Morgan fingerprint density at radius 1 is 0.216 bits per heavy atom. The summed E-state index contributed by atoms with van der Waals surface area (Å²) in [5.41, 5.74) is 9.20. The van der Waals surface area contributed by atoms with Crippen LogP contribution in [0.5, 0.6) is 0 Å². The average Bonchev–Trinajstić information content (AvgIpc) is 3.17. The number of hydrogen-bond donors (Lipinski definition) is 0. The van der Waals surface area contributed by atoms with Crippen molar-refractivity contribution >= 4 is 97.0 Å². The van der Waals surface area contributed by atoms with Gasteiger partial charge >= 0.3 is 0 Å². The molecule has 0 heteroatoms. The van der Waals surface area contributed by atoms with Gasteiger partial charge < -0.3 is 0 Å². The lowest BCUT2D eigenvalue weighted by Crippen LogP contribution is -1.94. The van der Waals surface area contributed by atoms with Crippen molar-refractivity contribution in [3.63, 3.8) is 0 Å². The quantitative estimate of drug-likeness (QED) is 0.164. The maximum absolute atomic E-state index is 2.43. The fourth-order valence-corrected chi connectivity index (χ4v) is 9.89. The lowest BCUT2D eigenvalue weighted by molar-refractivity contribution is 1.54. The third-order valence-corrected chi connectivity index (χ3v) is 12.3. The molecule has 0 heterocycles. The molecule has 236 valence electrons. The highest BCUT2D eigenvalue weighted by Crippen LogP contribution is 2.48. The molecule has 12 rings (SSSR count). The van der Waals surface area contributed by atoms with E-state index in [2.05, 4.69) is 160 Å². The van der Waals surface area contributed by atoms with E-state index in [9.17, 15) is 0 Å². The monoisotopic (exact) mass is 644 g/mol. The summed E-state index contributed by atoms with van der Waals surface area (Å²) in [5.74, 6) is 0. The minimum atomic E-state index is 1.29. The second-order valence-corrected chi connectivity index (χ2v) is 14.9. The Kier molecular flexibility index (Phi) is 5.14. The first-order valence-corrected chi connectivity index (χ1v) is 18.1. The van der Waals surface area contributed by atoms with E-state index in [0.717, 1.165) is 0 Å². The van der Waals surface area contributed by atoms with Crippen LogP contribution in [-0.2, 0) is 0 Å². The Balaban J connectivity index is 1.17. The van der Waals surface area contributed by atoms with E-state index >= 15 is 0 Å². The van der Waals surface area contributed by atoms with Crippen molar-refractivity contribution in [1.29, 1.82) is 0 Å². The second-order valence-electron chi connectivity index (χ2n) is 14.9. The van der Waals surface area contributed by atoms with Gasteiger partial charge in [-0.2, -0.15) is 0 Å². The standard InChI is InChI=1S/C51H32/c1-27-4-6-30-8-10-32-12-16-38(41-23-20-35(27)46(30)48(32)41)39-17-13-34-15-19-44-45(26-29(3)37-22-25-42(39)50(34)51(37)44)40-18-14-33-11-9-31-7-5-28(2)36-21-24-43(40)49(33)47(31)36/h4-26H,1-3H3. The number of hydrogen-bond acceptors (Lipinski definition) is 0. The van der Waals surface area contributed by atoms with Crippen LogP contribution in [0.2, 0.25) is 0 Å². The van der Waals surface area contributed by atoms with Crippen molar-refractivity contribution in [2.75, 3.05) is 0 Å². The first-order valence-electron chi connectivity index (χ1n) is 18.1. The van der Waals surface area contributed by atoms with Gasteiger partial charge in [0.1, 0.15) is 0 Å². The van der Waals surface area contributed by atoms with Crippen molar-refractivity contribution in [1.82, 2.24) is 0 Å². The van der Waals surface area contributed by atoms with E-state index in [0.29, 0.717) is 0 Å². The van der Waals surface area contributed by atoms with Crippen molar-refractivity contribution in [2.24, 2.45) is 0 Å². The molecule has 12 aromatic rings. The van der Waals surface area contributed by atoms with E-state index < -0.39 is 0 Å². The summed E-state index contributed by atoms with van der Waals surface area (Å²) in [5, 5.41) is 24.1. The predicted octanol–water partition coefficient (Wildman–Crippen LogP) is 14.6. The molecule has 0 amide bonds. The summed E-state index contributed by atoms with van der Waals surface area (Å²) in [4.78, 5) is 0. The Labute approximate surface area is 295 Å². The van der Waals surface area contributed by atoms with Crippen LogP contribution in [0.25, 0.3) is 119 Å². The fourth-order valence-electron chi connectivity index (χ4n) is 9.89. The fraction of sp³-hybridized carbons (Fsp3) is 0.0588. The van der Waals surface area contributed by atoms with Crippen LogP contribution in [0.4, 0.5) is 0 Å². The van der Waals surface area contributed by atoms with Gasteiger partial charge in [0, 0.05) is 0 Å². The van der Waals surface area contributed by atoms with Crippen molar-refractivity contribution in [3.8, 4) is 22.3 Å². The van der Waals surface area contributed by atoms with Crippen LogP contribution >= 0.6 is 0 Å².